The number of halogens is 3. The van der Waals surface area contributed by atoms with Gasteiger partial charge in [-0.05, 0) is 37.3 Å². The third-order valence-electron chi connectivity index (χ3n) is 3.33. The van der Waals surface area contributed by atoms with Crippen LogP contribution < -0.4 is 15.4 Å². The standard InChI is InChI=1S/C18H17F3N2O3/c1-11(26-14-6-4-3-5-7-14)17(25)23-16-9-8-13(22-12(2)24)10-15(16)18(19,20)21/h3-11H,1-2H3,(H,22,24)(H,23,25)/t11-/m0/s1. The maximum Gasteiger partial charge on any atom is 0.418 e. The zero-order valence-electron chi connectivity index (χ0n) is 14.1. The van der Waals surface area contributed by atoms with Gasteiger partial charge in [-0.2, -0.15) is 13.2 Å². The Morgan fingerprint density at radius 3 is 2.27 bits per heavy atom. The summed E-state index contributed by atoms with van der Waals surface area (Å²) in [6.07, 6.45) is -5.71. The molecular formula is C18H17F3N2O3. The average molecular weight is 366 g/mol. The van der Waals surface area contributed by atoms with E-state index in [1.54, 1.807) is 30.3 Å². The second kappa shape index (κ2) is 7.90. The lowest BCUT2D eigenvalue weighted by Crippen LogP contribution is -2.31. The zero-order chi connectivity index (χ0) is 19.3. The molecule has 0 aliphatic heterocycles. The van der Waals surface area contributed by atoms with Gasteiger partial charge in [0.2, 0.25) is 5.91 Å². The summed E-state index contributed by atoms with van der Waals surface area (Å²) < 4.78 is 45.2. The van der Waals surface area contributed by atoms with Crippen LogP contribution in [-0.4, -0.2) is 17.9 Å². The van der Waals surface area contributed by atoms with E-state index in [1.165, 1.54) is 19.9 Å². The van der Waals surface area contributed by atoms with Gasteiger partial charge in [-0.3, -0.25) is 9.59 Å². The highest BCUT2D eigenvalue weighted by molar-refractivity contribution is 5.95. The summed E-state index contributed by atoms with van der Waals surface area (Å²) >= 11 is 0. The van der Waals surface area contributed by atoms with E-state index >= 15 is 0 Å². The minimum atomic E-state index is -4.71. The number of hydrogen-bond donors (Lipinski definition) is 2. The molecule has 0 unspecified atom stereocenters. The van der Waals surface area contributed by atoms with E-state index in [1.807, 2.05) is 0 Å². The van der Waals surface area contributed by atoms with Crippen molar-refractivity contribution in [3.05, 3.63) is 54.1 Å². The Balaban J connectivity index is 2.19. The summed E-state index contributed by atoms with van der Waals surface area (Å²) in [5.74, 6) is -0.807. The third kappa shape index (κ3) is 5.23. The van der Waals surface area contributed by atoms with Crippen LogP contribution in [0.1, 0.15) is 19.4 Å². The van der Waals surface area contributed by atoms with Crippen molar-refractivity contribution >= 4 is 23.2 Å². The molecule has 2 rings (SSSR count). The van der Waals surface area contributed by atoms with Gasteiger partial charge >= 0.3 is 6.18 Å². The number of amides is 2. The monoisotopic (exact) mass is 366 g/mol. The highest BCUT2D eigenvalue weighted by Gasteiger charge is 2.34. The molecule has 2 N–H and O–H groups in total. The summed E-state index contributed by atoms with van der Waals surface area (Å²) in [6.45, 7) is 2.62. The topological polar surface area (TPSA) is 67.4 Å². The number of alkyl halides is 3. The smallest absolute Gasteiger partial charge is 0.418 e. The Kier molecular flexibility index (Phi) is 5.86. The van der Waals surface area contributed by atoms with Gasteiger partial charge in [0.15, 0.2) is 6.10 Å². The van der Waals surface area contributed by atoms with Gasteiger partial charge in [-0.25, -0.2) is 0 Å². The minimum absolute atomic E-state index is 0.0172. The molecule has 26 heavy (non-hydrogen) atoms. The number of carbonyl (C=O) groups excluding carboxylic acids is 2. The molecule has 0 aliphatic carbocycles. The summed E-state index contributed by atoms with van der Waals surface area (Å²) in [4.78, 5) is 23.2. The van der Waals surface area contributed by atoms with Crippen molar-refractivity contribution in [1.29, 1.82) is 0 Å². The highest BCUT2D eigenvalue weighted by atomic mass is 19.4. The molecule has 0 radical (unpaired) electrons. The van der Waals surface area contributed by atoms with Gasteiger partial charge < -0.3 is 15.4 Å². The van der Waals surface area contributed by atoms with E-state index in [-0.39, 0.29) is 5.69 Å². The van der Waals surface area contributed by atoms with Crippen molar-refractivity contribution in [3.63, 3.8) is 0 Å². The molecule has 1 atom stereocenters. The summed E-state index contributed by atoms with van der Waals surface area (Å²) in [7, 11) is 0. The van der Waals surface area contributed by atoms with E-state index in [0.717, 1.165) is 12.1 Å². The molecule has 0 bridgehead atoms. The Morgan fingerprint density at radius 2 is 1.69 bits per heavy atom. The lowest BCUT2D eigenvalue weighted by Gasteiger charge is -2.18. The first-order valence-electron chi connectivity index (χ1n) is 7.68. The van der Waals surface area contributed by atoms with Gasteiger partial charge in [0.1, 0.15) is 5.75 Å². The van der Waals surface area contributed by atoms with Crippen LogP contribution in [-0.2, 0) is 15.8 Å². The number of anilines is 2. The minimum Gasteiger partial charge on any atom is -0.481 e. The van der Waals surface area contributed by atoms with E-state index in [9.17, 15) is 22.8 Å². The predicted molar refractivity (Wildman–Crippen MR) is 90.9 cm³/mol. The Morgan fingerprint density at radius 1 is 1.04 bits per heavy atom. The molecule has 0 fully saturated rings. The molecule has 0 aliphatic rings. The van der Waals surface area contributed by atoms with E-state index < -0.39 is 35.3 Å². The van der Waals surface area contributed by atoms with Crippen LogP contribution in [0.4, 0.5) is 24.5 Å². The van der Waals surface area contributed by atoms with Crippen molar-refractivity contribution in [2.45, 2.75) is 26.1 Å². The number of rotatable bonds is 5. The fourth-order valence-corrected chi connectivity index (χ4v) is 2.16. The average Bonchev–Trinajstić information content (AvgIpc) is 2.55. The van der Waals surface area contributed by atoms with Crippen LogP contribution >= 0.6 is 0 Å². The Labute approximate surface area is 148 Å². The molecule has 2 amide bonds. The second-order valence-electron chi connectivity index (χ2n) is 5.50. The number of para-hydroxylation sites is 1. The number of carbonyl (C=O) groups is 2. The lowest BCUT2D eigenvalue weighted by molar-refractivity contribution is -0.137. The van der Waals surface area contributed by atoms with Gasteiger partial charge in [0, 0.05) is 12.6 Å². The predicted octanol–water partition coefficient (Wildman–Crippen LogP) is 4.07. The quantitative estimate of drug-likeness (QED) is 0.838. The van der Waals surface area contributed by atoms with Crippen LogP contribution in [0.2, 0.25) is 0 Å². The van der Waals surface area contributed by atoms with E-state index in [2.05, 4.69) is 10.6 Å². The van der Waals surface area contributed by atoms with Crippen LogP contribution in [0.3, 0.4) is 0 Å². The number of benzene rings is 2. The van der Waals surface area contributed by atoms with E-state index in [4.69, 9.17) is 4.74 Å². The zero-order valence-corrected chi connectivity index (χ0v) is 14.1. The third-order valence-corrected chi connectivity index (χ3v) is 3.33. The van der Waals surface area contributed by atoms with Crippen molar-refractivity contribution in [3.8, 4) is 5.75 Å². The SMILES string of the molecule is CC(=O)Nc1ccc(NC(=O)[C@H](C)Oc2ccccc2)c(C(F)(F)F)c1. The van der Waals surface area contributed by atoms with Crippen molar-refractivity contribution in [2.75, 3.05) is 10.6 Å². The molecule has 2 aromatic rings. The van der Waals surface area contributed by atoms with Crippen molar-refractivity contribution in [2.24, 2.45) is 0 Å². The van der Waals surface area contributed by atoms with Crippen molar-refractivity contribution in [1.82, 2.24) is 0 Å². The summed E-state index contributed by atoms with van der Waals surface area (Å²) in [6, 6.07) is 11.6. The first-order chi connectivity index (χ1) is 12.2. The van der Waals surface area contributed by atoms with Gasteiger partial charge in [0.05, 0.1) is 11.3 Å². The van der Waals surface area contributed by atoms with E-state index in [0.29, 0.717) is 5.75 Å². The maximum absolute atomic E-state index is 13.3. The summed E-state index contributed by atoms with van der Waals surface area (Å²) in [5, 5.41) is 4.50. The lowest BCUT2D eigenvalue weighted by atomic mass is 10.1. The molecule has 0 saturated carbocycles. The molecule has 2 aromatic carbocycles. The van der Waals surface area contributed by atoms with Gasteiger partial charge in [0.25, 0.3) is 5.91 Å². The Bertz CT molecular complexity index is 792. The molecule has 138 valence electrons. The second-order valence-corrected chi connectivity index (χ2v) is 5.50. The fraction of sp³-hybridized carbons (Fsp3) is 0.222. The van der Waals surface area contributed by atoms with Crippen LogP contribution in [0, 0.1) is 0 Å². The van der Waals surface area contributed by atoms with Crippen molar-refractivity contribution < 1.29 is 27.5 Å². The number of nitrogens with one attached hydrogen (secondary N) is 2. The Hall–Kier alpha value is -3.03. The fourth-order valence-electron chi connectivity index (χ4n) is 2.16. The highest BCUT2D eigenvalue weighted by Crippen LogP contribution is 2.36. The molecule has 5 nitrogen and oxygen atoms in total. The van der Waals surface area contributed by atoms with Gasteiger partial charge in [-0.15, -0.1) is 0 Å². The normalized spacial score (nSPS) is 12.2. The molecule has 0 heterocycles. The first kappa shape index (κ1) is 19.3. The maximum atomic E-state index is 13.3. The van der Waals surface area contributed by atoms with Gasteiger partial charge in [-0.1, -0.05) is 18.2 Å². The van der Waals surface area contributed by atoms with Crippen LogP contribution in [0.5, 0.6) is 5.75 Å². The molecule has 0 spiro atoms. The molecule has 8 heteroatoms. The van der Waals surface area contributed by atoms with Crippen LogP contribution in [0.15, 0.2) is 48.5 Å². The number of ether oxygens (including phenoxy) is 1. The van der Waals surface area contributed by atoms with Crippen LogP contribution in [0.25, 0.3) is 0 Å². The molecular weight excluding hydrogens is 349 g/mol. The first-order valence-corrected chi connectivity index (χ1v) is 7.68. The molecule has 0 saturated heterocycles. The largest absolute Gasteiger partial charge is 0.481 e. The number of hydrogen-bond acceptors (Lipinski definition) is 3. The summed E-state index contributed by atoms with van der Waals surface area (Å²) in [5.41, 5.74) is -1.50. The molecule has 0 aromatic heterocycles.